The van der Waals surface area contributed by atoms with Crippen molar-refractivity contribution in [2.24, 2.45) is 5.14 Å². The number of anilines is 2. The molecule has 0 aliphatic heterocycles. The van der Waals surface area contributed by atoms with E-state index in [1.54, 1.807) is 24.3 Å². The van der Waals surface area contributed by atoms with Gasteiger partial charge in [-0.15, -0.1) is 0 Å². The van der Waals surface area contributed by atoms with Crippen LogP contribution in [-0.4, -0.2) is 20.2 Å². The van der Waals surface area contributed by atoms with Gasteiger partial charge >= 0.3 is 0 Å². The molecule has 8 heteroatoms. The average molecular weight is 361 g/mol. The second kappa shape index (κ2) is 7.91. The first kappa shape index (κ1) is 18.6. The van der Waals surface area contributed by atoms with Crippen LogP contribution in [0.15, 0.2) is 53.4 Å². The zero-order chi connectivity index (χ0) is 18.4. The number of primary sulfonamides is 1. The number of rotatable bonds is 6. The third-order valence-corrected chi connectivity index (χ3v) is 4.28. The molecule has 0 saturated heterocycles. The number of hydrogen-bond acceptors (Lipinski definition) is 4. The quantitative estimate of drug-likeness (QED) is 0.731. The van der Waals surface area contributed by atoms with E-state index in [1.807, 2.05) is 6.92 Å². The van der Waals surface area contributed by atoms with Crippen molar-refractivity contribution in [1.29, 1.82) is 0 Å². The molecule has 0 unspecified atom stereocenters. The second-order valence-corrected chi connectivity index (χ2v) is 6.96. The largest absolute Gasteiger partial charge is 0.326 e. The minimum absolute atomic E-state index is 0.0299. The number of carbonyl (C=O) groups excluding carboxylic acids is 2. The molecule has 2 aromatic carbocycles. The van der Waals surface area contributed by atoms with Crippen molar-refractivity contribution in [1.82, 2.24) is 0 Å². The molecule has 0 saturated carbocycles. The van der Waals surface area contributed by atoms with Crippen LogP contribution in [0.3, 0.4) is 0 Å². The van der Waals surface area contributed by atoms with Gasteiger partial charge in [0.2, 0.25) is 15.9 Å². The lowest BCUT2D eigenvalue weighted by Crippen LogP contribution is -2.14. The monoisotopic (exact) mass is 361 g/mol. The Hall–Kier alpha value is -2.71. The molecule has 4 N–H and O–H groups in total. The average Bonchev–Trinajstić information content (AvgIpc) is 2.55. The van der Waals surface area contributed by atoms with E-state index in [2.05, 4.69) is 10.6 Å². The zero-order valence-electron chi connectivity index (χ0n) is 13.7. The number of benzene rings is 2. The van der Waals surface area contributed by atoms with Crippen molar-refractivity contribution in [3.05, 3.63) is 54.1 Å². The van der Waals surface area contributed by atoms with Crippen LogP contribution in [-0.2, 0) is 14.8 Å². The minimum Gasteiger partial charge on any atom is -0.326 e. The lowest BCUT2D eigenvalue weighted by molar-refractivity contribution is -0.116. The van der Waals surface area contributed by atoms with Gasteiger partial charge in [-0.2, -0.15) is 0 Å². The van der Waals surface area contributed by atoms with Crippen LogP contribution >= 0.6 is 0 Å². The van der Waals surface area contributed by atoms with Crippen LogP contribution in [0.5, 0.6) is 0 Å². The molecular weight excluding hydrogens is 342 g/mol. The van der Waals surface area contributed by atoms with E-state index in [9.17, 15) is 18.0 Å². The molecule has 2 amide bonds. The third kappa shape index (κ3) is 5.40. The summed E-state index contributed by atoms with van der Waals surface area (Å²) in [6.45, 7) is 1.92. The van der Waals surface area contributed by atoms with Gasteiger partial charge in [0.25, 0.3) is 5.91 Å². The van der Waals surface area contributed by atoms with Gasteiger partial charge in [0.1, 0.15) is 0 Å². The molecule has 0 aliphatic carbocycles. The van der Waals surface area contributed by atoms with Crippen molar-refractivity contribution >= 4 is 33.2 Å². The van der Waals surface area contributed by atoms with Crippen molar-refractivity contribution in [2.75, 3.05) is 10.6 Å². The lowest BCUT2D eigenvalue weighted by Gasteiger charge is -2.08. The van der Waals surface area contributed by atoms with Gasteiger partial charge in [-0.1, -0.05) is 6.92 Å². The number of nitrogens with two attached hydrogens (primary N) is 1. The van der Waals surface area contributed by atoms with Crippen molar-refractivity contribution in [3.63, 3.8) is 0 Å². The van der Waals surface area contributed by atoms with Crippen LogP contribution in [0.1, 0.15) is 30.1 Å². The van der Waals surface area contributed by atoms with Gasteiger partial charge in [0.15, 0.2) is 0 Å². The van der Waals surface area contributed by atoms with Crippen LogP contribution < -0.4 is 15.8 Å². The SMILES string of the molecule is CCCC(=O)Nc1ccc(C(=O)Nc2ccc(S(N)(=O)=O)cc2)cc1. The fourth-order valence-electron chi connectivity index (χ4n) is 2.09. The number of carbonyl (C=O) groups is 2. The highest BCUT2D eigenvalue weighted by Crippen LogP contribution is 2.15. The van der Waals surface area contributed by atoms with Crippen LogP contribution in [0.25, 0.3) is 0 Å². The van der Waals surface area contributed by atoms with E-state index < -0.39 is 10.0 Å². The summed E-state index contributed by atoms with van der Waals surface area (Å²) >= 11 is 0. The van der Waals surface area contributed by atoms with E-state index in [4.69, 9.17) is 5.14 Å². The molecule has 0 atom stereocenters. The Morgan fingerprint density at radius 3 is 1.96 bits per heavy atom. The van der Waals surface area contributed by atoms with E-state index in [1.165, 1.54) is 24.3 Å². The number of nitrogens with one attached hydrogen (secondary N) is 2. The smallest absolute Gasteiger partial charge is 0.255 e. The third-order valence-electron chi connectivity index (χ3n) is 3.35. The lowest BCUT2D eigenvalue weighted by atomic mass is 10.2. The van der Waals surface area contributed by atoms with Crippen LogP contribution in [0.4, 0.5) is 11.4 Å². The molecular formula is C17H19N3O4S. The normalized spacial score (nSPS) is 11.0. The summed E-state index contributed by atoms with van der Waals surface area (Å²) in [5.41, 5.74) is 1.47. The highest BCUT2D eigenvalue weighted by Gasteiger charge is 2.10. The molecule has 2 aromatic rings. The molecule has 7 nitrogen and oxygen atoms in total. The minimum atomic E-state index is -3.77. The first-order valence-corrected chi connectivity index (χ1v) is 9.18. The van der Waals surface area contributed by atoms with Crippen molar-refractivity contribution in [2.45, 2.75) is 24.7 Å². The number of sulfonamides is 1. The molecule has 0 spiro atoms. The summed E-state index contributed by atoms with van der Waals surface area (Å²) in [6, 6.07) is 12.0. The Morgan fingerprint density at radius 2 is 1.44 bits per heavy atom. The topological polar surface area (TPSA) is 118 Å². The molecule has 2 rings (SSSR count). The highest BCUT2D eigenvalue weighted by atomic mass is 32.2. The maximum atomic E-state index is 12.2. The maximum absolute atomic E-state index is 12.2. The first-order chi connectivity index (χ1) is 11.8. The second-order valence-electron chi connectivity index (χ2n) is 5.40. The summed E-state index contributed by atoms with van der Waals surface area (Å²) in [4.78, 5) is 23.7. The maximum Gasteiger partial charge on any atom is 0.255 e. The predicted octanol–water partition coefficient (Wildman–Crippen LogP) is 2.32. The van der Waals surface area contributed by atoms with E-state index in [0.717, 1.165) is 6.42 Å². The van der Waals surface area contributed by atoms with Crippen molar-refractivity contribution < 1.29 is 18.0 Å². The molecule has 0 heterocycles. The standard InChI is InChI=1S/C17H19N3O4S/c1-2-3-16(21)19-13-6-4-12(5-7-13)17(22)20-14-8-10-15(11-9-14)25(18,23)24/h4-11H,2-3H2,1H3,(H,19,21)(H,20,22)(H2,18,23,24). The zero-order valence-corrected chi connectivity index (χ0v) is 14.5. The van der Waals surface area contributed by atoms with Crippen molar-refractivity contribution in [3.8, 4) is 0 Å². The fourth-order valence-corrected chi connectivity index (χ4v) is 2.60. The van der Waals surface area contributed by atoms with Gasteiger partial charge in [-0.3, -0.25) is 9.59 Å². The number of amides is 2. The van der Waals surface area contributed by atoms with Gasteiger partial charge in [-0.25, -0.2) is 13.6 Å². The molecule has 0 aromatic heterocycles. The Kier molecular flexibility index (Phi) is 5.89. The molecule has 0 bridgehead atoms. The van der Waals surface area contributed by atoms with E-state index in [-0.39, 0.29) is 16.7 Å². The highest BCUT2D eigenvalue weighted by molar-refractivity contribution is 7.89. The molecule has 25 heavy (non-hydrogen) atoms. The Labute approximate surface area is 146 Å². The van der Waals surface area contributed by atoms with Crippen LogP contribution in [0.2, 0.25) is 0 Å². The summed E-state index contributed by atoms with van der Waals surface area (Å²) in [6.07, 6.45) is 1.20. The van der Waals surface area contributed by atoms with Gasteiger partial charge < -0.3 is 10.6 Å². The number of hydrogen-bond donors (Lipinski definition) is 3. The molecule has 0 aliphatic rings. The van der Waals surface area contributed by atoms with Crippen LogP contribution in [0, 0.1) is 0 Å². The summed E-state index contributed by atoms with van der Waals surface area (Å²) in [5.74, 6) is -0.426. The van der Waals surface area contributed by atoms with Gasteiger partial charge in [-0.05, 0) is 55.0 Å². The van der Waals surface area contributed by atoms with E-state index >= 15 is 0 Å². The predicted molar refractivity (Wildman–Crippen MR) is 95.7 cm³/mol. The molecule has 0 fully saturated rings. The summed E-state index contributed by atoms with van der Waals surface area (Å²) in [7, 11) is -3.77. The first-order valence-electron chi connectivity index (χ1n) is 7.63. The van der Waals surface area contributed by atoms with E-state index in [0.29, 0.717) is 23.4 Å². The van der Waals surface area contributed by atoms with Gasteiger partial charge in [0.05, 0.1) is 4.90 Å². The Bertz CT molecular complexity index is 860. The summed E-state index contributed by atoms with van der Waals surface area (Å²) in [5, 5.41) is 10.4. The van der Waals surface area contributed by atoms with Gasteiger partial charge in [0, 0.05) is 23.4 Å². The molecule has 0 radical (unpaired) electrons. The Morgan fingerprint density at radius 1 is 0.920 bits per heavy atom. The Balaban J connectivity index is 2.02. The summed E-state index contributed by atoms with van der Waals surface area (Å²) < 4.78 is 22.4. The molecule has 132 valence electrons. The fraction of sp³-hybridized carbons (Fsp3) is 0.176.